The molecular weight excluding hydrogens is 230 g/mol. The number of benzene rings is 1. The molecule has 4 heteroatoms. The first kappa shape index (κ1) is 10.9. The minimum Gasteiger partial charge on any atom is -0.497 e. The van der Waals surface area contributed by atoms with E-state index in [0.29, 0.717) is 6.42 Å². The first-order valence-electron chi connectivity index (χ1n) is 5.79. The van der Waals surface area contributed by atoms with Gasteiger partial charge < -0.3 is 14.1 Å². The molecule has 0 bridgehead atoms. The SMILES string of the molecule is COc1ccc(N2C(=O)CC2c2ccco2)cc1. The number of amides is 1. The van der Waals surface area contributed by atoms with Crippen molar-refractivity contribution in [2.75, 3.05) is 12.0 Å². The lowest BCUT2D eigenvalue weighted by molar-refractivity contribution is -0.124. The number of carbonyl (C=O) groups excluding carboxylic acids is 1. The van der Waals surface area contributed by atoms with Crippen molar-refractivity contribution in [2.45, 2.75) is 12.5 Å². The molecule has 0 spiro atoms. The van der Waals surface area contributed by atoms with Crippen molar-refractivity contribution in [3.05, 3.63) is 48.4 Å². The molecule has 1 fully saturated rings. The fourth-order valence-corrected chi connectivity index (χ4v) is 2.19. The Balaban J connectivity index is 1.87. The number of nitrogens with zero attached hydrogens (tertiary/aromatic N) is 1. The van der Waals surface area contributed by atoms with Crippen LogP contribution in [0.4, 0.5) is 5.69 Å². The number of rotatable bonds is 3. The smallest absolute Gasteiger partial charge is 0.230 e. The second kappa shape index (κ2) is 4.22. The standard InChI is InChI=1S/C14H13NO3/c1-17-11-6-4-10(5-7-11)15-12(9-14(15)16)13-3-2-8-18-13/h2-8,12H,9H2,1H3. The lowest BCUT2D eigenvalue weighted by Crippen LogP contribution is -2.46. The molecule has 1 aliphatic rings. The van der Waals surface area contributed by atoms with Gasteiger partial charge in [0.25, 0.3) is 0 Å². The number of carbonyl (C=O) groups is 1. The van der Waals surface area contributed by atoms with Gasteiger partial charge in [0.1, 0.15) is 17.6 Å². The summed E-state index contributed by atoms with van der Waals surface area (Å²) in [6.45, 7) is 0. The highest BCUT2D eigenvalue weighted by Gasteiger charge is 2.39. The first-order valence-corrected chi connectivity index (χ1v) is 5.79. The summed E-state index contributed by atoms with van der Waals surface area (Å²) in [7, 11) is 1.62. The fourth-order valence-electron chi connectivity index (χ4n) is 2.19. The van der Waals surface area contributed by atoms with Gasteiger partial charge in [-0.2, -0.15) is 0 Å². The third-order valence-electron chi connectivity index (χ3n) is 3.17. The molecule has 2 aromatic rings. The Bertz CT molecular complexity index is 545. The summed E-state index contributed by atoms with van der Waals surface area (Å²) in [6.07, 6.45) is 2.13. The Morgan fingerprint density at radius 3 is 2.61 bits per heavy atom. The molecular formula is C14H13NO3. The molecule has 0 radical (unpaired) electrons. The van der Waals surface area contributed by atoms with Crippen LogP contribution in [0.2, 0.25) is 0 Å². The van der Waals surface area contributed by atoms with Crippen molar-refractivity contribution >= 4 is 11.6 Å². The van der Waals surface area contributed by atoms with Crippen LogP contribution in [0, 0.1) is 0 Å². The largest absolute Gasteiger partial charge is 0.497 e. The monoisotopic (exact) mass is 243 g/mol. The predicted octanol–water partition coefficient (Wildman–Crippen LogP) is 2.77. The molecule has 1 unspecified atom stereocenters. The van der Waals surface area contributed by atoms with Crippen LogP contribution in [0.5, 0.6) is 5.75 Å². The molecule has 0 saturated carbocycles. The molecule has 1 atom stereocenters. The molecule has 92 valence electrons. The molecule has 1 saturated heterocycles. The van der Waals surface area contributed by atoms with Crippen LogP contribution in [0.15, 0.2) is 47.1 Å². The van der Waals surface area contributed by atoms with Gasteiger partial charge >= 0.3 is 0 Å². The van der Waals surface area contributed by atoms with E-state index in [9.17, 15) is 4.79 Å². The maximum absolute atomic E-state index is 11.7. The Kier molecular flexibility index (Phi) is 2.55. The Morgan fingerprint density at radius 1 is 1.28 bits per heavy atom. The van der Waals surface area contributed by atoms with E-state index in [1.807, 2.05) is 36.4 Å². The average Bonchev–Trinajstić information content (AvgIpc) is 2.90. The minimum absolute atomic E-state index is 0.0147. The summed E-state index contributed by atoms with van der Waals surface area (Å²) in [5.74, 6) is 1.72. The number of furan rings is 1. The van der Waals surface area contributed by atoms with E-state index in [2.05, 4.69) is 0 Å². The minimum atomic E-state index is 0.0147. The fraction of sp³-hybridized carbons (Fsp3) is 0.214. The van der Waals surface area contributed by atoms with Crippen LogP contribution in [-0.4, -0.2) is 13.0 Å². The molecule has 2 heterocycles. The molecule has 1 aromatic heterocycles. The van der Waals surface area contributed by atoms with Crippen LogP contribution in [0.1, 0.15) is 18.2 Å². The van der Waals surface area contributed by atoms with E-state index in [4.69, 9.17) is 9.15 Å². The summed E-state index contributed by atoms with van der Waals surface area (Å²) in [4.78, 5) is 13.5. The second-order valence-electron chi connectivity index (χ2n) is 4.20. The number of methoxy groups -OCH3 is 1. The molecule has 18 heavy (non-hydrogen) atoms. The number of hydrogen-bond acceptors (Lipinski definition) is 3. The zero-order valence-electron chi connectivity index (χ0n) is 10.00. The van der Waals surface area contributed by atoms with Crippen LogP contribution < -0.4 is 9.64 Å². The van der Waals surface area contributed by atoms with E-state index < -0.39 is 0 Å². The maximum Gasteiger partial charge on any atom is 0.230 e. The zero-order chi connectivity index (χ0) is 12.5. The Labute approximate surface area is 105 Å². The van der Waals surface area contributed by atoms with E-state index in [0.717, 1.165) is 17.2 Å². The van der Waals surface area contributed by atoms with Gasteiger partial charge in [0.05, 0.1) is 19.8 Å². The van der Waals surface area contributed by atoms with Gasteiger partial charge in [-0.15, -0.1) is 0 Å². The Hall–Kier alpha value is -2.23. The third-order valence-corrected chi connectivity index (χ3v) is 3.17. The number of anilines is 1. The lowest BCUT2D eigenvalue weighted by Gasteiger charge is -2.39. The van der Waals surface area contributed by atoms with Gasteiger partial charge in [0.15, 0.2) is 0 Å². The maximum atomic E-state index is 11.7. The van der Waals surface area contributed by atoms with Gasteiger partial charge in [-0.25, -0.2) is 0 Å². The summed E-state index contributed by atoms with van der Waals surface area (Å²) in [6, 6.07) is 11.2. The number of ether oxygens (including phenoxy) is 1. The zero-order valence-corrected chi connectivity index (χ0v) is 10.00. The molecule has 1 aromatic carbocycles. The summed E-state index contributed by atoms with van der Waals surface area (Å²) >= 11 is 0. The van der Waals surface area contributed by atoms with Gasteiger partial charge in [-0.1, -0.05) is 0 Å². The van der Waals surface area contributed by atoms with Crippen LogP contribution in [0.3, 0.4) is 0 Å². The van der Waals surface area contributed by atoms with Crippen molar-refractivity contribution in [3.63, 3.8) is 0 Å². The van der Waals surface area contributed by atoms with E-state index >= 15 is 0 Å². The molecule has 0 aliphatic carbocycles. The molecule has 3 rings (SSSR count). The van der Waals surface area contributed by atoms with E-state index in [1.165, 1.54) is 0 Å². The van der Waals surface area contributed by atoms with Crippen LogP contribution >= 0.6 is 0 Å². The molecule has 0 N–H and O–H groups in total. The van der Waals surface area contributed by atoms with Crippen molar-refractivity contribution in [2.24, 2.45) is 0 Å². The lowest BCUT2D eigenvalue weighted by atomic mass is 9.98. The van der Waals surface area contributed by atoms with Crippen LogP contribution in [0.25, 0.3) is 0 Å². The topological polar surface area (TPSA) is 42.7 Å². The van der Waals surface area contributed by atoms with E-state index in [-0.39, 0.29) is 11.9 Å². The summed E-state index contributed by atoms with van der Waals surface area (Å²) in [5.41, 5.74) is 0.869. The van der Waals surface area contributed by atoms with Gasteiger partial charge in [-0.3, -0.25) is 4.79 Å². The third kappa shape index (κ3) is 1.66. The van der Waals surface area contributed by atoms with Gasteiger partial charge in [0, 0.05) is 5.69 Å². The quantitative estimate of drug-likeness (QED) is 0.778. The first-order chi connectivity index (χ1) is 8.79. The predicted molar refractivity (Wildman–Crippen MR) is 66.5 cm³/mol. The highest BCUT2D eigenvalue weighted by Crippen LogP contribution is 2.39. The summed E-state index contributed by atoms with van der Waals surface area (Å²) in [5, 5.41) is 0. The van der Waals surface area contributed by atoms with Gasteiger partial charge in [-0.05, 0) is 36.4 Å². The summed E-state index contributed by atoms with van der Waals surface area (Å²) < 4.78 is 10.5. The average molecular weight is 243 g/mol. The number of β-lactam (4-membered cyclic amide) rings is 1. The van der Waals surface area contributed by atoms with Crippen LogP contribution in [-0.2, 0) is 4.79 Å². The highest BCUT2D eigenvalue weighted by atomic mass is 16.5. The molecule has 1 amide bonds. The normalized spacial score (nSPS) is 18.6. The van der Waals surface area contributed by atoms with E-state index in [1.54, 1.807) is 18.3 Å². The number of hydrogen-bond donors (Lipinski definition) is 0. The van der Waals surface area contributed by atoms with Crippen molar-refractivity contribution in [1.82, 2.24) is 0 Å². The molecule has 4 nitrogen and oxygen atoms in total. The molecule has 1 aliphatic heterocycles. The second-order valence-corrected chi connectivity index (χ2v) is 4.20. The van der Waals surface area contributed by atoms with Crippen molar-refractivity contribution in [3.8, 4) is 5.75 Å². The highest BCUT2D eigenvalue weighted by molar-refractivity contribution is 6.00. The Morgan fingerprint density at radius 2 is 2.06 bits per heavy atom. The van der Waals surface area contributed by atoms with Gasteiger partial charge in [0.2, 0.25) is 5.91 Å². The van der Waals surface area contributed by atoms with Crippen molar-refractivity contribution in [1.29, 1.82) is 0 Å². The van der Waals surface area contributed by atoms with Crippen molar-refractivity contribution < 1.29 is 13.9 Å².